The van der Waals surface area contributed by atoms with Gasteiger partial charge in [0.05, 0.1) is 36.1 Å². The minimum atomic E-state index is -0.742. The van der Waals surface area contributed by atoms with Crippen molar-refractivity contribution in [3.8, 4) is 0 Å². The van der Waals surface area contributed by atoms with Crippen molar-refractivity contribution in [1.29, 1.82) is 0 Å². The number of aromatic amines is 1. The van der Waals surface area contributed by atoms with Crippen LogP contribution in [0, 0.1) is 5.92 Å². The summed E-state index contributed by atoms with van der Waals surface area (Å²) in [6.07, 6.45) is 3.35. The molecule has 5 N–H and O–H groups in total. The van der Waals surface area contributed by atoms with Gasteiger partial charge in [0.2, 0.25) is 11.8 Å². The molecule has 3 aromatic rings. The van der Waals surface area contributed by atoms with Crippen LogP contribution in [-0.4, -0.2) is 65.4 Å². The number of carbonyl (C=O) groups excluding carboxylic acids is 2. The highest BCUT2D eigenvalue weighted by Gasteiger charge is 2.37. The quantitative estimate of drug-likeness (QED) is 0.312. The molecule has 1 fully saturated rings. The first kappa shape index (κ1) is 22.9. The molecular formula is C20H25N7O5. The number of para-hydroxylation sites is 2. The molecule has 0 radical (unpaired) electrons. The zero-order chi connectivity index (χ0) is 22.9. The predicted molar refractivity (Wildman–Crippen MR) is 112 cm³/mol. The molecule has 0 saturated heterocycles. The number of hydrogen-bond donors (Lipinski definition) is 5. The van der Waals surface area contributed by atoms with Crippen LogP contribution in [0.2, 0.25) is 0 Å². The van der Waals surface area contributed by atoms with Crippen LogP contribution in [0.1, 0.15) is 25.1 Å². The summed E-state index contributed by atoms with van der Waals surface area (Å²) in [5.41, 5.74) is 1.86. The van der Waals surface area contributed by atoms with Gasteiger partial charge in [-0.15, -0.1) is 0 Å². The molecular weight excluding hydrogens is 418 g/mol. The van der Waals surface area contributed by atoms with Crippen molar-refractivity contribution in [1.82, 2.24) is 35.4 Å². The van der Waals surface area contributed by atoms with Gasteiger partial charge in [-0.25, -0.2) is 9.97 Å². The Balaban J connectivity index is 0.000000913. The van der Waals surface area contributed by atoms with Crippen LogP contribution in [-0.2, 0) is 27.5 Å². The molecule has 32 heavy (non-hydrogen) atoms. The fourth-order valence-electron chi connectivity index (χ4n) is 3.71. The molecule has 0 bridgehead atoms. The average Bonchev–Trinajstić information content (AvgIpc) is 3.52. The summed E-state index contributed by atoms with van der Waals surface area (Å²) < 4.78 is 1.93. The maximum atomic E-state index is 12.4. The summed E-state index contributed by atoms with van der Waals surface area (Å²) in [7, 11) is 0. The maximum Gasteiger partial charge on any atom is 0.290 e. The predicted octanol–water partition coefficient (Wildman–Crippen LogP) is -0.183. The SMILES string of the molecule is O=C(CCn1cnc2ccccc21)N[C@H]1C[C@H](C(=O)NCc2ncn[nH]2)C[C@@H]1O.O=CO. The second-order valence-electron chi connectivity index (χ2n) is 7.34. The maximum absolute atomic E-state index is 12.4. The number of carbonyl (C=O) groups is 3. The molecule has 2 amide bonds. The van der Waals surface area contributed by atoms with E-state index in [4.69, 9.17) is 9.90 Å². The molecule has 12 nitrogen and oxygen atoms in total. The van der Waals surface area contributed by atoms with E-state index in [-0.39, 0.29) is 37.2 Å². The number of fused-ring (bicyclic) bond motifs is 1. The van der Waals surface area contributed by atoms with E-state index in [9.17, 15) is 14.7 Å². The van der Waals surface area contributed by atoms with Crippen molar-refractivity contribution in [2.45, 2.75) is 44.5 Å². The van der Waals surface area contributed by atoms with E-state index >= 15 is 0 Å². The number of aliphatic hydroxyl groups excluding tert-OH is 1. The van der Waals surface area contributed by atoms with Crippen molar-refractivity contribution < 1.29 is 24.6 Å². The smallest absolute Gasteiger partial charge is 0.290 e. The molecule has 1 saturated carbocycles. The highest BCUT2D eigenvalue weighted by atomic mass is 16.3. The first-order valence-electron chi connectivity index (χ1n) is 10.1. The molecule has 0 spiro atoms. The second-order valence-corrected chi connectivity index (χ2v) is 7.34. The Morgan fingerprint density at radius 2 is 2.03 bits per heavy atom. The standard InChI is InChI=1S/C19H23N7O3.CH2O2/c27-16-8-12(19(29)20-9-17-21-10-23-25-17)7-14(16)24-18(28)5-6-26-11-22-13-3-1-2-4-15(13)26;2-1-3/h1-4,10-12,14,16,27H,5-9H2,(H,20,29)(H,24,28)(H,21,23,25);1H,(H,2,3)/t12-,14-,16-;/m0./s1. The number of aryl methyl sites for hydroxylation is 1. The summed E-state index contributed by atoms with van der Waals surface area (Å²) in [6, 6.07) is 7.31. The Hall–Kier alpha value is -3.80. The highest BCUT2D eigenvalue weighted by Crippen LogP contribution is 2.26. The average molecular weight is 443 g/mol. The fraction of sp³-hybridized carbons (Fsp3) is 0.400. The lowest BCUT2D eigenvalue weighted by Gasteiger charge is -2.16. The Labute approximate surface area is 183 Å². The molecule has 2 aromatic heterocycles. The first-order chi connectivity index (χ1) is 15.5. The first-order valence-corrected chi connectivity index (χ1v) is 10.1. The van der Waals surface area contributed by atoms with E-state index in [1.165, 1.54) is 6.33 Å². The molecule has 3 atom stereocenters. The lowest BCUT2D eigenvalue weighted by atomic mass is 10.1. The summed E-state index contributed by atoms with van der Waals surface area (Å²) >= 11 is 0. The van der Waals surface area contributed by atoms with Crippen molar-refractivity contribution in [3.05, 3.63) is 42.7 Å². The molecule has 0 aliphatic heterocycles. The number of imidazole rings is 1. The highest BCUT2D eigenvalue weighted by molar-refractivity contribution is 5.80. The third-order valence-electron chi connectivity index (χ3n) is 5.25. The van der Waals surface area contributed by atoms with Crippen LogP contribution in [0.5, 0.6) is 0 Å². The Bertz CT molecular complexity index is 1040. The summed E-state index contributed by atoms with van der Waals surface area (Å²) in [5, 5.41) is 29.2. The second kappa shape index (κ2) is 11.0. The van der Waals surface area contributed by atoms with Gasteiger partial charge in [0.15, 0.2) is 0 Å². The molecule has 0 unspecified atom stereocenters. The Kier molecular flexibility index (Phi) is 7.86. The summed E-state index contributed by atoms with van der Waals surface area (Å²) in [5.74, 6) is -0.110. The monoisotopic (exact) mass is 443 g/mol. The molecule has 4 rings (SSSR count). The number of H-pyrrole nitrogens is 1. The van der Waals surface area contributed by atoms with Crippen LogP contribution in [0.3, 0.4) is 0 Å². The van der Waals surface area contributed by atoms with Crippen LogP contribution in [0.15, 0.2) is 36.9 Å². The van der Waals surface area contributed by atoms with Gasteiger partial charge in [0, 0.05) is 18.9 Å². The fourth-order valence-corrected chi connectivity index (χ4v) is 3.71. The molecule has 1 aliphatic carbocycles. The van der Waals surface area contributed by atoms with Gasteiger partial charge in [0.1, 0.15) is 12.2 Å². The van der Waals surface area contributed by atoms with Crippen LogP contribution >= 0.6 is 0 Å². The number of aliphatic hydroxyl groups is 1. The third kappa shape index (κ3) is 5.88. The van der Waals surface area contributed by atoms with Crippen molar-refractivity contribution in [2.24, 2.45) is 5.92 Å². The molecule has 1 aromatic carbocycles. The summed E-state index contributed by atoms with van der Waals surface area (Å²) in [6.45, 7) is 0.498. The van der Waals surface area contributed by atoms with E-state index in [0.29, 0.717) is 25.2 Å². The van der Waals surface area contributed by atoms with E-state index < -0.39 is 12.1 Å². The lowest BCUT2D eigenvalue weighted by molar-refractivity contribution is -0.125. The normalized spacial score (nSPS) is 19.7. The van der Waals surface area contributed by atoms with Gasteiger partial charge in [-0.3, -0.25) is 19.5 Å². The number of hydrogen-bond acceptors (Lipinski definition) is 7. The minimum Gasteiger partial charge on any atom is -0.483 e. The van der Waals surface area contributed by atoms with Crippen LogP contribution in [0.4, 0.5) is 0 Å². The van der Waals surface area contributed by atoms with Gasteiger partial charge in [-0.05, 0) is 25.0 Å². The number of amides is 2. The van der Waals surface area contributed by atoms with E-state index in [1.54, 1.807) is 6.33 Å². The lowest BCUT2D eigenvalue weighted by Crippen LogP contribution is -2.40. The number of nitrogens with one attached hydrogen (secondary N) is 3. The number of benzene rings is 1. The third-order valence-corrected chi connectivity index (χ3v) is 5.25. The molecule has 1 aliphatic rings. The van der Waals surface area contributed by atoms with Crippen LogP contribution in [0.25, 0.3) is 11.0 Å². The summed E-state index contributed by atoms with van der Waals surface area (Å²) in [4.78, 5) is 41.3. The van der Waals surface area contributed by atoms with E-state index in [2.05, 4.69) is 30.8 Å². The van der Waals surface area contributed by atoms with Crippen molar-refractivity contribution in [3.63, 3.8) is 0 Å². The zero-order valence-electron chi connectivity index (χ0n) is 17.2. The molecule has 2 heterocycles. The number of carboxylic acid groups (broad SMARTS) is 1. The largest absolute Gasteiger partial charge is 0.483 e. The topological polar surface area (TPSA) is 175 Å². The molecule has 170 valence electrons. The van der Waals surface area contributed by atoms with Crippen LogP contribution < -0.4 is 10.6 Å². The Morgan fingerprint density at radius 1 is 1.25 bits per heavy atom. The number of nitrogens with zero attached hydrogens (tertiary/aromatic N) is 4. The van der Waals surface area contributed by atoms with Crippen molar-refractivity contribution in [2.75, 3.05) is 0 Å². The zero-order valence-corrected chi connectivity index (χ0v) is 17.2. The van der Waals surface area contributed by atoms with Crippen molar-refractivity contribution >= 4 is 29.3 Å². The number of rotatable bonds is 7. The van der Waals surface area contributed by atoms with E-state index in [0.717, 1.165) is 11.0 Å². The van der Waals surface area contributed by atoms with Gasteiger partial charge < -0.3 is 25.4 Å². The molecule has 12 heteroatoms. The van der Waals surface area contributed by atoms with Gasteiger partial charge in [-0.1, -0.05) is 12.1 Å². The number of aromatic nitrogens is 5. The van der Waals surface area contributed by atoms with Gasteiger partial charge >= 0.3 is 0 Å². The Morgan fingerprint density at radius 3 is 2.78 bits per heavy atom. The van der Waals surface area contributed by atoms with Gasteiger partial charge in [-0.2, -0.15) is 5.10 Å². The minimum absolute atomic E-state index is 0.158. The van der Waals surface area contributed by atoms with Gasteiger partial charge in [0.25, 0.3) is 6.47 Å². The van der Waals surface area contributed by atoms with E-state index in [1.807, 2.05) is 28.8 Å².